The lowest BCUT2D eigenvalue weighted by atomic mass is 10.1. The fraction of sp³-hybridized carbons (Fsp3) is 0.381. The highest BCUT2D eigenvalue weighted by Crippen LogP contribution is 2.15. The largest absolute Gasteiger partial charge is 0.484 e. The molecule has 0 bridgehead atoms. The number of rotatable bonds is 7. The van der Waals surface area contributed by atoms with E-state index in [9.17, 15) is 4.79 Å². The molecule has 0 unspecified atom stereocenters. The van der Waals surface area contributed by atoms with Crippen LogP contribution in [0.1, 0.15) is 17.5 Å². The molecular weight excluding hydrogens is 330 g/mol. The molecule has 5 heteroatoms. The van der Waals surface area contributed by atoms with Gasteiger partial charge in [-0.2, -0.15) is 0 Å². The molecule has 3 rings (SSSR count). The van der Waals surface area contributed by atoms with E-state index in [4.69, 9.17) is 14.2 Å². The summed E-state index contributed by atoms with van der Waals surface area (Å²) in [5, 5.41) is 2.98. The molecule has 0 radical (unpaired) electrons. The zero-order chi connectivity index (χ0) is 18.2. The minimum atomic E-state index is -0.171. The van der Waals surface area contributed by atoms with Gasteiger partial charge in [-0.25, -0.2) is 0 Å². The minimum absolute atomic E-state index is 0.0225. The minimum Gasteiger partial charge on any atom is -0.484 e. The monoisotopic (exact) mass is 355 g/mol. The van der Waals surface area contributed by atoms with E-state index in [1.165, 1.54) is 0 Å². The fourth-order valence-electron chi connectivity index (χ4n) is 2.93. The van der Waals surface area contributed by atoms with Gasteiger partial charge in [0.05, 0.1) is 25.4 Å². The molecule has 0 aliphatic carbocycles. The number of benzene rings is 2. The lowest BCUT2D eigenvalue weighted by Gasteiger charge is -2.32. The SMILES string of the molecule is Cc1cccc(OCC(=O)N[C@@H]2COCC[C@@H]2OCc2ccccc2)c1. The quantitative estimate of drug-likeness (QED) is 0.830. The van der Waals surface area contributed by atoms with Crippen molar-refractivity contribution in [1.29, 1.82) is 0 Å². The van der Waals surface area contributed by atoms with Crippen LogP contribution < -0.4 is 10.1 Å². The molecular formula is C21H25NO4. The summed E-state index contributed by atoms with van der Waals surface area (Å²) < 4.78 is 17.1. The van der Waals surface area contributed by atoms with Crippen LogP contribution in [0.25, 0.3) is 0 Å². The van der Waals surface area contributed by atoms with Gasteiger partial charge in [-0.1, -0.05) is 42.5 Å². The van der Waals surface area contributed by atoms with E-state index in [2.05, 4.69) is 5.32 Å². The van der Waals surface area contributed by atoms with Gasteiger partial charge < -0.3 is 19.5 Å². The normalized spacial score (nSPS) is 19.7. The molecule has 0 spiro atoms. The van der Waals surface area contributed by atoms with Crippen LogP contribution in [-0.4, -0.2) is 37.9 Å². The predicted molar refractivity (Wildman–Crippen MR) is 99.1 cm³/mol. The number of aryl methyl sites for hydroxylation is 1. The number of carbonyl (C=O) groups is 1. The number of carbonyl (C=O) groups excluding carboxylic acids is 1. The van der Waals surface area contributed by atoms with Crippen LogP contribution in [0.3, 0.4) is 0 Å². The number of amides is 1. The van der Waals surface area contributed by atoms with Gasteiger partial charge in [0.25, 0.3) is 5.91 Å². The highest BCUT2D eigenvalue weighted by molar-refractivity contribution is 5.78. The summed E-state index contributed by atoms with van der Waals surface area (Å²) in [5.74, 6) is 0.521. The van der Waals surface area contributed by atoms with Crippen LogP contribution in [-0.2, 0) is 20.9 Å². The molecule has 0 aromatic heterocycles. The molecule has 1 saturated heterocycles. The Morgan fingerprint density at radius 2 is 2.04 bits per heavy atom. The first kappa shape index (κ1) is 18.4. The van der Waals surface area contributed by atoms with E-state index in [-0.39, 0.29) is 24.7 Å². The summed E-state index contributed by atoms with van der Waals surface area (Å²) in [7, 11) is 0. The highest BCUT2D eigenvalue weighted by Gasteiger charge is 2.28. The van der Waals surface area contributed by atoms with Crippen LogP contribution in [0.15, 0.2) is 54.6 Å². The first-order chi connectivity index (χ1) is 12.7. The van der Waals surface area contributed by atoms with Gasteiger partial charge in [-0.15, -0.1) is 0 Å². The van der Waals surface area contributed by atoms with E-state index in [0.717, 1.165) is 17.5 Å². The van der Waals surface area contributed by atoms with Crippen molar-refractivity contribution in [3.8, 4) is 5.75 Å². The molecule has 138 valence electrons. The Morgan fingerprint density at radius 1 is 1.19 bits per heavy atom. The second-order valence-corrected chi connectivity index (χ2v) is 6.48. The third kappa shape index (κ3) is 5.58. The Hall–Kier alpha value is -2.37. The number of nitrogens with one attached hydrogen (secondary N) is 1. The van der Waals surface area contributed by atoms with Gasteiger partial charge in [0.2, 0.25) is 0 Å². The van der Waals surface area contributed by atoms with Gasteiger partial charge in [0.1, 0.15) is 5.75 Å². The second-order valence-electron chi connectivity index (χ2n) is 6.48. The third-order valence-electron chi connectivity index (χ3n) is 4.31. The van der Waals surface area contributed by atoms with Crippen molar-refractivity contribution in [1.82, 2.24) is 5.32 Å². The lowest BCUT2D eigenvalue weighted by Crippen LogP contribution is -2.51. The Kier molecular flexibility index (Phi) is 6.63. The topological polar surface area (TPSA) is 56.8 Å². The molecule has 2 aromatic rings. The number of ether oxygens (including phenoxy) is 3. The van der Waals surface area contributed by atoms with Gasteiger partial charge in [0, 0.05) is 6.61 Å². The standard InChI is InChI=1S/C21H25NO4/c1-16-6-5-9-18(12-16)25-15-21(23)22-19-14-24-11-10-20(19)26-13-17-7-3-2-4-8-17/h2-9,12,19-20H,10-11,13-15H2,1H3,(H,22,23)/t19-,20+/m1/s1. The molecule has 1 fully saturated rings. The lowest BCUT2D eigenvalue weighted by molar-refractivity contribution is -0.128. The van der Waals surface area contributed by atoms with Crippen molar-refractivity contribution in [2.45, 2.75) is 32.1 Å². The van der Waals surface area contributed by atoms with Crippen molar-refractivity contribution >= 4 is 5.91 Å². The molecule has 1 aliphatic rings. The van der Waals surface area contributed by atoms with Crippen LogP contribution in [0.5, 0.6) is 5.75 Å². The maximum Gasteiger partial charge on any atom is 0.258 e. The van der Waals surface area contributed by atoms with E-state index in [0.29, 0.717) is 25.6 Å². The predicted octanol–water partition coefficient (Wildman–Crippen LogP) is 2.86. The van der Waals surface area contributed by atoms with Gasteiger partial charge in [-0.05, 0) is 36.6 Å². The molecule has 26 heavy (non-hydrogen) atoms. The Bertz CT molecular complexity index is 704. The zero-order valence-electron chi connectivity index (χ0n) is 15.0. The summed E-state index contributed by atoms with van der Waals surface area (Å²) >= 11 is 0. The fourth-order valence-corrected chi connectivity index (χ4v) is 2.93. The van der Waals surface area contributed by atoms with Crippen molar-refractivity contribution in [2.24, 2.45) is 0 Å². The van der Waals surface area contributed by atoms with Crippen molar-refractivity contribution in [3.05, 3.63) is 65.7 Å². The smallest absolute Gasteiger partial charge is 0.258 e. The summed E-state index contributed by atoms with van der Waals surface area (Å²) in [6.45, 7) is 3.59. The summed E-state index contributed by atoms with van der Waals surface area (Å²) in [4.78, 5) is 12.2. The highest BCUT2D eigenvalue weighted by atomic mass is 16.5. The molecule has 2 atom stereocenters. The van der Waals surface area contributed by atoms with Crippen molar-refractivity contribution in [3.63, 3.8) is 0 Å². The van der Waals surface area contributed by atoms with Crippen LogP contribution >= 0.6 is 0 Å². The number of hydrogen-bond donors (Lipinski definition) is 1. The van der Waals surface area contributed by atoms with Crippen LogP contribution in [0.4, 0.5) is 0 Å². The average molecular weight is 355 g/mol. The Labute approximate surface area is 154 Å². The van der Waals surface area contributed by atoms with E-state index in [1.54, 1.807) is 0 Å². The molecule has 1 N–H and O–H groups in total. The Morgan fingerprint density at radius 3 is 2.85 bits per heavy atom. The Balaban J connectivity index is 1.48. The molecule has 1 aliphatic heterocycles. The second kappa shape index (κ2) is 9.36. The van der Waals surface area contributed by atoms with E-state index in [1.807, 2.05) is 61.5 Å². The molecule has 2 aromatic carbocycles. The number of hydrogen-bond acceptors (Lipinski definition) is 4. The first-order valence-electron chi connectivity index (χ1n) is 8.93. The summed E-state index contributed by atoms with van der Waals surface area (Å²) in [5.41, 5.74) is 2.21. The van der Waals surface area contributed by atoms with Crippen LogP contribution in [0.2, 0.25) is 0 Å². The van der Waals surface area contributed by atoms with Crippen LogP contribution in [0, 0.1) is 6.92 Å². The van der Waals surface area contributed by atoms with E-state index >= 15 is 0 Å². The summed E-state index contributed by atoms with van der Waals surface area (Å²) in [6.07, 6.45) is 0.697. The summed E-state index contributed by atoms with van der Waals surface area (Å²) in [6, 6.07) is 17.5. The van der Waals surface area contributed by atoms with Crippen molar-refractivity contribution in [2.75, 3.05) is 19.8 Å². The molecule has 1 heterocycles. The van der Waals surface area contributed by atoms with Gasteiger partial charge in [-0.3, -0.25) is 4.79 Å². The van der Waals surface area contributed by atoms with E-state index < -0.39 is 0 Å². The zero-order valence-corrected chi connectivity index (χ0v) is 15.0. The van der Waals surface area contributed by atoms with Crippen molar-refractivity contribution < 1.29 is 19.0 Å². The first-order valence-corrected chi connectivity index (χ1v) is 8.93. The third-order valence-corrected chi connectivity index (χ3v) is 4.31. The van der Waals surface area contributed by atoms with Gasteiger partial charge in [0.15, 0.2) is 6.61 Å². The molecule has 5 nitrogen and oxygen atoms in total. The molecule has 0 saturated carbocycles. The maximum atomic E-state index is 12.2. The van der Waals surface area contributed by atoms with Gasteiger partial charge >= 0.3 is 0 Å². The maximum absolute atomic E-state index is 12.2. The molecule has 1 amide bonds. The average Bonchev–Trinajstić information content (AvgIpc) is 2.67.